The molecule has 0 saturated carbocycles. The van der Waals surface area contributed by atoms with Crippen LogP contribution in [0.1, 0.15) is 30.8 Å². The van der Waals surface area contributed by atoms with Crippen LogP contribution in [-0.4, -0.2) is 19.5 Å². The molecule has 0 aliphatic carbocycles. The van der Waals surface area contributed by atoms with Crippen LogP contribution in [0.4, 0.5) is 13.2 Å². The Kier molecular flexibility index (Phi) is 6.14. The zero-order valence-corrected chi connectivity index (χ0v) is 19.7. The second-order valence-electron chi connectivity index (χ2n) is 8.44. The smallest absolute Gasteiger partial charge is 0.431 e. The van der Waals surface area contributed by atoms with Gasteiger partial charge in [-0.2, -0.15) is 17.5 Å². The van der Waals surface area contributed by atoms with Crippen molar-refractivity contribution in [3.8, 4) is 5.69 Å². The topological polar surface area (TPSA) is 83.2 Å². The molecule has 0 aliphatic rings. The van der Waals surface area contributed by atoms with E-state index in [1.807, 2.05) is 30.3 Å². The van der Waals surface area contributed by atoms with Gasteiger partial charge in [0.15, 0.2) is 0 Å². The van der Waals surface area contributed by atoms with Gasteiger partial charge < -0.3 is 4.74 Å². The molecule has 0 aliphatic heterocycles. The van der Waals surface area contributed by atoms with Crippen molar-refractivity contribution in [3.63, 3.8) is 0 Å². The van der Waals surface area contributed by atoms with Gasteiger partial charge in [-0.15, -0.1) is 0 Å². The molecular formula is C24H20F3N3O4S. The molecule has 0 spiro atoms. The number of ether oxygens (including phenoxy) is 1. The van der Waals surface area contributed by atoms with Crippen molar-refractivity contribution in [3.05, 3.63) is 92.4 Å². The summed E-state index contributed by atoms with van der Waals surface area (Å²) in [5.41, 5.74) is -3.53. The van der Waals surface area contributed by atoms with Crippen LogP contribution in [-0.2, 0) is 34.8 Å². The van der Waals surface area contributed by atoms with E-state index in [1.165, 1.54) is 12.1 Å². The van der Waals surface area contributed by atoms with Crippen LogP contribution in [0.15, 0.2) is 64.2 Å². The van der Waals surface area contributed by atoms with E-state index in [9.17, 15) is 27.6 Å². The number of benzene rings is 2. The Hall–Kier alpha value is -3.73. The van der Waals surface area contributed by atoms with Crippen LogP contribution in [0.3, 0.4) is 0 Å². The van der Waals surface area contributed by atoms with Crippen molar-refractivity contribution in [2.45, 2.75) is 32.0 Å². The molecular weight excluding hydrogens is 483 g/mol. The minimum absolute atomic E-state index is 0.0618. The quantitative estimate of drug-likeness (QED) is 0.382. The molecule has 0 fully saturated rings. The molecule has 0 atom stereocenters. The SMILES string of the molecule is Cn1c(C(F)(F)F)cc(=O)n(-c2ccc3snc(C(C)(C)C(=O)OCc4ccccc4)c3c2)c1=O. The average molecular weight is 504 g/mol. The molecule has 0 bridgehead atoms. The van der Waals surface area contributed by atoms with Crippen LogP contribution < -0.4 is 11.2 Å². The first-order valence-electron chi connectivity index (χ1n) is 10.4. The van der Waals surface area contributed by atoms with Crippen molar-refractivity contribution < 1.29 is 22.7 Å². The molecule has 7 nitrogen and oxygen atoms in total. The van der Waals surface area contributed by atoms with Gasteiger partial charge in [-0.25, -0.2) is 9.36 Å². The largest absolute Gasteiger partial charge is 0.460 e. The summed E-state index contributed by atoms with van der Waals surface area (Å²) in [5.74, 6) is -0.526. The minimum atomic E-state index is -4.86. The number of alkyl halides is 3. The van der Waals surface area contributed by atoms with Crippen LogP contribution in [0.25, 0.3) is 15.8 Å². The van der Waals surface area contributed by atoms with Gasteiger partial charge in [0, 0.05) is 18.5 Å². The molecule has 4 aromatic rings. The van der Waals surface area contributed by atoms with Gasteiger partial charge in [0.25, 0.3) is 5.56 Å². The van der Waals surface area contributed by atoms with Gasteiger partial charge in [-0.05, 0) is 49.1 Å². The molecule has 35 heavy (non-hydrogen) atoms. The third-order valence-electron chi connectivity index (χ3n) is 5.64. The second-order valence-corrected chi connectivity index (χ2v) is 9.25. The Labute approximate surface area is 201 Å². The van der Waals surface area contributed by atoms with E-state index >= 15 is 0 Å². The third-order valence-corrected chi connectivity index (χ3v) is 6.46. The fourth-order valence-electron chi connectivity index (χ4n) is 3.65. The molecule has 0 unspecified atom stereocenters. The molecule has 11 heteroatoms. The summed E-state index contributed by atoms with van der Waals surface area (Å²) in [6.45, 7) is 3.36. The number of halogens is 3. The lowest BCUT2D eigenvalue weighted by molar-refractivity contribution is -0.150. The van der Waals surface area contributed by atoms with Gasteiger partial charge in [-0.1, -0.05) is 30.3 Å². The number of aromatic nitrogens is 3. The normalized spacial score (nSPS) is 12.2. The number of fused-ring (bicyclic) bond motifs is 1. The Bertz CT molecular complexity index is 1540. The standard InChI is InChI=1S/C24H20F3N3O4S/c1-23(2,21(32)34-13-14-7-5-4-6-8-14)20-16-11-15(9-10-17(16)35-28-20)30-19(31)12-18(24(25,26)27)29(3)22(30)33/h4-12H,13H2,1-3H3. The van der Waals surface area contributed by atoms with E-state index in [-0.39, 0.29) is 12.3 Å². The lowest BCUT2D eigenvalue weighted by Crippen LogP contribution is -2.40. The highest BCUT2D eigenvalue weighted by atomic mass is 32.1. The highest BCUT2D eigenvalue weighted by Gasteiger charge is 2.37. The van der Waals surface area contributed by atoms with E-state index in [4.69, 9.17) is 4.74 Å². The first-order chi connectivity index (χ1) is 16.4. The fraction of sp³-hybridized carbons (Fsp3) is 0.250. The lowest BCUT2D eigenvalue weighted by atomic mass is 9.87. The number of rotatable bonds is 5. The summed E-state index contributed by atoms with van der Waals surface area (Å²) in [5, 5.41) is 0.489. The van der Waals surface area contributed by atoms with Crippen molar-refractivity contribution in [2.24, 2.45) is 7.05 Å². The first-order valence-corrected chi connectivity index (χ1v) is 11.2. The van der Waals surface area contributed by atoms with Crippen molar-refractivity contribution in [1.29, 1.82) is 0 Å². The van der Waals surface area contributed by atoms with Crippen molar-refractivity contribution in [2.75, 3.05) is 0 Å². The van der Waals surface area contributed by atoms with Crippen LogP contribution in [0.2, 0.25) is 0 Å². The summed E-state index contributed by atoms with van der Waals surface area (Å²) >= 11 is 1.12. The Morgan fingerprint density at radius 2 is 1.74 bits per heavy atom. The zero-order chi connectivity index (χ0) is 25.5. The highest BCUT2D eigenvalue weighted by molar-refractivity contribution is 7.13. The number of esters is 1. The maximum Gasteiger partial charge on any atom is 0.431 e. The molecule has 182 valence electrons. The van der Waals surface area contributed by atoms with Gasteiger partial charge in [-0.3, -0.25) is 14.2 Å². The van der Waals surface area contributed by atoms with E-state index in [2.05, 4.69) is 4.37 Å². The molecule has 0 N–H and O–H groups in total. The van der Waals surface area contributed by atoms with Crippen molar-refractivity contribution >= 4 is 27.6 Å². The van der Waals surface area contributed by atoms with Crippen LogP contribution in [0.5, 0.6) is 0 Å². The van der Waals surface area contributed by atoms with E-state index in [0.717, 1.165) is 24.1 Å². The zero-order valence-electron chi connectivity index (χ0n) is 18.9. The van der Waals surface area contributed by atoms with Gasteiger partial charge in [0.1, 0.15) is 17.7 Å². The predicted molar refractivity (Wildman–Crippen MR) is 125 cm³/mol. The highest BCUT2D eigenvalue weighted by Crippen LogP contribution is 2.34. The lowest BCUT2D eigenvalue weighted by Gasteiger charge is -2.21. The molecule has 0 radical (unpaired) electrons. The Morgan fingerprint density at radius 1 is 1.06 bits per heavy atom. The average Bonchev–Trinajstić information content (AvgIpc) is 3.24. The second kappa shape index (κ2) is 8.81. The number of carbonyl (C=O) groups excluding carboxylic acids is 1. The third kappa shape index (κ3) is 4.51. The van der Waals surface area contributed by atoms with Crippen molar-refractivity contribution in [1.82, 2.24) is 13.5 Å². The fourth-order valence-corrected chi connectivity index (χ4v) is 4.55. The maximum atomic E-state index is 13.2. The predicted octanol–water partition coefficient (Wildman–Crippen LogP) is 4.19. The molecule has 0 saturated heterocycles. The number of nitrogens with zero attached hydrogens (tertiary/aromatic N) is 3. The molecule has 2 aromatic heterocycles. The summed E-state index contributed by atoms with van der Waals surface area (Å²) in [4.78, 5) is 38.1. The number of carbonyl (C=O) groups is 1. The first kappa shape index (κ1) is 24.4. The number of hydrogen-bond acceptors (Lipinski definition) is 6. The Balaban J connectivity index is 1.75. The number of hydrogen-bond donors (Lipinski definition) is 0. The summed E-state index contributed by atoms with van der Waals surface area (Å²) in [7, 11) is 0.947. The monoisotopic (exact) mass is 503 g/mol. The molecule has 2 heterocycles. The molecule has 0 amide bonds. The Morgan fingerprint density at radius 3 is 2.40 bits per heavy atom. The van der Waals surface area contributed by atoms with Crippen LogP contribution >= 0.6 is 11.5 Å². The van der Waals surface area contributed by atoms with E-state index in [1.54, 1.807) is 19.9 Å². The molecule has 4 rings (SSSR count). The molecule has 2 aromatic carbocycles. The maximum absolute atomic E-state index is 13.2. The summed E-state index contributed by atoms with van der Waals surface area (Å²) in [6.07, 6.45) is -4.86. The van der Waals surface area contributed by atoms with Gasteiger partial charge in [0.05, 0.1) is 16.1 Å². The van der Waals surface area contributed by atoms with Gasteiger partial charge in [0.2, 0.25) is 0 Å². The van der Waals surface area contributed by atoms with Crippen LogP contribution in [0, 0.1) is 0 Å². The minimum Gasteiger partial charge on any atom is -0.460 e. The van der Waals surface area contributed by atoms with E-state index in [0.29, 0.717) is 31.0 Å². The summed E-state index contributed by atoms with van der Waals surface area (Å²) in [6, 6.07) is 14.1. The van der Waals surface area contributed by atoms with E-state index < -0.39 is 34.5 Å². The summed E-state index contributed by atoms with van der Waals surface area (Å²) < 4.78 is 51.1. The van der Waals surface area contributed by atoms with Gasteiger partial charge >= 0.3 is 17.8 Å².